The molecular weight excluding hydrogens is 268 g/mol. The lowest BCUT2D eigenvalue weighted by molar-refractivity contribution is 0.209. The topological polar surface area (TPSA) is 43.0 Å². The predicted molar refractivity (Wildman–Crippen MR) is 83.5 cm³/mol. The summed E-state index contributed by atoms with van der Waals surface area (Å²) < 4.78 is 16.2. The number of benzene rings is 1. The Morgan fingerprint density at radius 1 is 1.14 bits per heavy atom. The minimum absolute atomic E-state index is 0.606. The second kappa shape index (κ2) is 7.52. The SMILES string of the molecule is CCN(Cc1cc(OC)c(OC)c(OC)c1)C1CCNC1. The fourth-order valence-corrected chi connectivity index (χ4v) is 2.91. The molecule has 0 aliphatic carbocycles. The summed E-state index contributed by atoms with van der Waals surface area (Å²) in [5, 5.41) is 3.43. The molecule has 0 aromatic heterocycles. The number of hydrogen-bond acceptors (Lipinski definition) is 5. The standard InChI is InChI=1S/C16H26N2O3/c1-5-18(13-6-7-17-10-13)11-12-8-14(19-2)16(21-4)15(9-12)20-3/h8-9,13,17H,5-7,10-11H2,1-4H3. The maximum Gasteiger partial charge on any atom is 0.203 e. The Balaban J connectivity index is 2.22. The molecular formula is C16H26N2O3. The first kappa shape index (κ1) is 15.9. The van der Waals surface area contributed by atoms with Crippen molar-refractivity contribution in [2.75, 3.05) is 41.0 Å². The zero-order chi connectivity index (χ0) is 15.2. The van der Waals surface area contributed by atoms with Gasteiger partial charge in [0.15, 0.2) is 11.5 Å². The first-order valence-electron chi connectivity index (χ1n) is 7.47. The monoisotopic (exact) mass is 294 g/mol. The highest BCUT2D eigenvalue weighted by Crippen LogP contribution is 2.38. The molecule has 2 rings (SSSR count). The molecule has 1 aliphatic rings. The first-order chi connectivity index (χ1) is 10.2. The van der Waals surface area contributed by atoms with Crippen LogP contribution in [0.25, 0.3) is 0 Å². The highest BCUT2D eigenvalue weighted by molar-refractivity contribution is 5.53. The maximum atomic E-state index is 5.42. The lowest BCUT2D eigenvalue weighted by Gasteiger charge is -2.27. The number of methoxy groups -OCH3 is 3. The van der Waals surface area contributed by atoms with Crippen LogP contribution in [-0.2, 0) is 6.54 Å². The number of nitrogens with one attached hydrogen (secondary N) is 1. The summed E-state index contributed by atoms with van der Waals surface area (Å²) in [4.78, 5) is 2.49. The normalized spacial score (nSPS) is 18.0. The molecule has 1 N–H and O–H groups in total. The molecule has 5 heteroatoms. The van der Waals surface area contributed by atoms with E-state index in [4.69, 9.17) is 14.2 Å². The zero-order valence-electron chi connectivity index (χ0n) is 13.4. The van der Waals surface area contributed by atoms with E-state index in [-0.39, 0.29) is 0 Å². The molecule has 0 saturated carbocycles. The van der Waals surface area contributed by atoms with E-state index in [1.807, 2.05) is 12.1 Å². The highest BCUT2D eigenvalue weighted by atomic mass is 16.5. The predicted octanol–water partition coefficient (Wildman–Crippen LogP) is 1.90. The van der Waals surface area contributed by atoms with Crippen molar-refractivity contribution in [3.05, 3.63) is 17.7 Å². The minimum atomic E-state index is 0.606. The van der Waals surface area contributed by atoms with Crippen LogP contribution >= 0.6 is 0 Å². The van der Waals surface area contributed by atoms with Gasteiger partial charge in [-0.2, -0.15) is 0 Å². The molecule has 0 bridgehead atoms. The first-order valence-corrected chi connectivity index (χ1v) is 7.47. The van der Waals surface area contributed by atoms with E-state index in [2.05, 4.69) is 17.1 Å². The van der Waals surface area contributed by atoms with E-state index >= 15 is 0 Å². The average molecular weight is 294 g/mol. The molecule has 21 heavy (non-hydrogen) atoms. The van der Waals surface area contributed by atoms with Crippen LogP contribution in [0.1, 0.15) is 18.9 Å². The largest absolute Gasteiger partial charge is 0.493 e. The number of hydrogen-bond donors (Lipinski definition) is 1. The molecule has 1 aliphatic heterocycles. The second-order valence-electron chi connectivity index (χ2n) is 5.24. The average Bonchev–Trinajstić information content (AvgIpc) is 3.05. The number of rotatable bonds is 7. The Bertz CT molecular complexity index is 434. The van der Waals surface area contributed by atoms with Crippen molar-refractivity contribution in [3.63, 3.8) is 0 Å². The van der Waals surface area contributed by atoms with Crippen molar-refractivity contribution in [1.82, 2.24) is 10.2 Å². The van der Waals surface area contributed by atoms with Gasteiger partial charge in [-0.05, 0) is 37.2 Å². The van der Waals surface area contributed by atoms with Crippen LogP contribution in [0.2, 0.25) is 0 Å². The van der Waals surface area contributed by atoms with Crippen LogP contribution in [0.5, 0.6) is 17.2 Å². The highest BCUT2D eigenvalue weighted by Gasteiger charge is 2.22. The summed E-state index contributed by atoms with van der Waals surface area (Å²) in [5.41, 5.74) is 1.18. The molecule has 1 unspecified atom stereocenters. The van der Waals surface area contributed by atoms with Crippen LogP contribution in [0.15, 0.2) is 12.1 Å². The van der Waals surface area contributed by atoms with Crippen LogP contribution in [0, 0.1) is 0 Å². The molecule has 1 saturated heterocycles. The summed E-state index contributed by atoms with van der Waals surface area (Å²) in [6.07, 6.45) is 1.21. The van der Waals surface area contributed by atoms with Gasteiger partial charge in [-0.25, -0.2) is 0 Å². The van der Waals surface area contributed by atoms with E-state index in [0.717, 1.165) is 26.2 Å². The molecule has 5 nitrogen and oxygen atoms in total. The van der Waals surface area contributed by atoms with Gasteiger partial charge in [-0.3, -0.25) is 4.90 Å². The van der Waals surface area contributed by atoms with Crippen molar-refractivity contribution < 1.29 is 14.2 Å². The maximum absolute atomic E-state index is 5.42. The Labute approximate surface area is 127 Å². The smallest absolute Gasteiger partial charge is 0.203 e. The number of nitrogens with zero attached hydrogens (tertiary/aromatic N) is 1. The zero-order valence-corrected chi connectivity index (χ0v) is 13.4. The Hall–Kier alpha value is -1.46. The fourth-order valence-electron chi connectivity index (χ4n) is 2.91. The summed E-state index contributed by atoms with van der Waals surface area (Å²) >= 11 is 0. The van der Waals surface area contributed by atoms with E-state index in [1.54, 1.807) is 21.3 Å². The van der Waals surface area contributed by atoms with E-state index in [1.165, 1.54) is 12.0 Å². The quantitative estimate of drug-likeness (QED) is 0.832. The molecule has 1 fully saturated rings. The van der Waals surface area contributed by atoms with Gasteiger partial charge in [0.1, 0.15) is 0 Å². The van der Waals surface area contributed by atoms with Crippen molar-refractivity contribution in [3.8, 4) is 17.2 Å². The second-order valence-corrected chi connectivity index (χ2v) is 5.24. The van der Waals surface area contributed by atoms with Gasteiger partial charge >= 0.3 is 0 Å². The van der Waals surface area contributed by atoms with Gasteiger partial charge in [0.25, 0.3) is 0 Å². The minimum Gasteiger partial charge on any atom is -0.493 e. The molecule has 0 amide bonds. The lowest BCUT2D eigenvalue weighted by Crippen LogP contribution is -2.36. The van der Waals surface area contributed by atoms with Gasteiger partial charge in [0.05, 0.1) is 21.3 Å². The third-order valence-electron chi connectivity index (χ3n) is 4.07. The molecule has 1 aromatic carbocycles. The number of likely N-dealkylation sites (N-methyl/N-ethyl adjacent to an activating group) is 1. The summed E-state index contributed by atoms with van der Waals surface area (Å²) in [7, 11) is 4.93. The molecule has 1 aromatic rings. The van der Waals surface area contributed by atoms with Crippen LogP contribution in [-0.4, -0.2) is 51.9 Å². The van der Waals surface area contributed by atoms with Crippen LogP contribution < -0.4 is 19.5 Å². The number of ether oxygens (including phenoxy) is 3. The van der Waals surface area contributed by atoms with Gasteiger partial charge in [0, 0.05) is 19.1 Å². The van der Waals surface area contributed by atoms with Gasteiger partial charge in [-0.1, -0.05) is 6.92 Å². The molecule has 1 atom stereocenters. The molecule has 118 valence electrons. The summed E-state index contributed by atoms with van der Waals surface area (Å²) in [5.74, 6) is 2.08. The lowest BCUT2D eigenvalue weighted by atomic mass is 10.1. The van der Waals surface area contributed by atoms with Crippen molar-refractivity contribution in [2.24, 2.45) is 0 Å². The summed E-state index contributed by atoms with van der Waals surface area (Å²) in [6, 6.07) is 4.67. The van der Waals surface area contributed by atoms with Crippen LogP contribution in [0.3, 0.4) is 0 Å². The van der Waals surface area contributed by atoms with Gasteiger partial charge in [-0.15, -0.1) is 0 Å². The fraction of sp³-hybridized carbons (Fsp3) is 0.625. The van der Waals surface area contributed by atoms with Crippen LogP contribution in [0.4, 0.5) is 0 Å². The third-order valence-corrected chi connectivity index (χ3v) is 4.07. The van der Waals surface area contributed by atoms with E-state index < -0.39 is 0 Å². The van der Waals surface area contributed by atoms with E-state index in [9.17, 15) is 0 Å². The summed E-state index contributed by atoms with van der Waals surface area (Å²) in [6.45, 7) is 6.30. The Morgan fingerprint density at radius 2 is 1.81 bits per heavy atom. The molecule has 0 radical (unpaired) electrons. The van der Waals surface area contributed by atoms with Crippen molar-refractivity contribution in [1.29, 1.82) is 0 Å². The third kappa shape index (κ3) is 3.60. The Morgan fingerprint density at radius 3 is 2.24 bits per heavy atom. The van der Waals surface area contributed by atoms with Gasteiger partial charge < -0.3 is 19.5 Å². The van der Waals surface area contributed by atoms with E-state index in [0.29, 0.717) is 23.3 Å². The Kier molecular flexibility index (Phi) is 5.70. The van der Waals surface area contributed by atoms with Gasteiger partial charge in [0.2, 0.25) is 5.75 Å². The molecule has 0 spiro atoms. The molecule has 1 heterocycles. The van der Waals surface area contributed by atoms with Crippen molar-refractivity contribution >= 4 is 0 Å². The van der Waals surface area contributed by atoms with Crippen molar-refractivity contribution in [2.45, 2.75) is 25.9 Å².